The van der Waals surface area contributed by atoms with Gasteiger partial charge in [-0.15, -0.1) is 0 Å². The third-order valence-corrected chi connectivity index (χ3v) is 3.34. The Bertz CT molecular complexity index is 274. The van der Waals surface area contributed by atoms with E-state index in [1.54, 1.807) is 11.9 Å². The maximum Gasteiger partial charge on any atom is 0.223 e. The number of hydrogen-bond donors (Lipinski definition) is 0. The van der Waals surface area contributed by atoms with E-state index in [0.717, 1.165) is 25.9 Å². The van der Waals surface area contributed by atoms with Crippen LogP contribution in [0, 0.1) is 11.3 Å². The van der Waals surface area contributed by atoms with E-state index in [-0.39, 0.29) is 5.91 Å². The number of piperidine rings is 1. The molecule has 0 spiro atoms. The van der Waals surface area contributed by atoms with E-state index in [1.165, 1.54) is 0 Å². The van der Waals surface area contributed by atoms with Gasteiger partial charge < -0.3 is 9.80 Å². The van der Waals surface area contributed by atoms with Gasteiger partial charge in [-0.1, -0.05) is 6.92 Å². The summed E-state index contributed by atoms with van der Waals surface area (Å²) in [5.41, 5.74) is -0.570. The van der Waals surface area contributed by atoms with Crippen LogP contribution in [0.5, 0.6) is 0 Å². The van der Waals surface area contributed by atoms with E-state index in [1.807, 2.05) is 14.0 Å². The number of likely N-dealkylation sites (tertiary alicyclic amines) is 1. The fourth-order valence-corrected chi connectivity index (χ4v) is 1.99. The summed E-state index contributed by atoms with van der Waals surface area (Å²) in [4.78, 5) is 15.5. The Morgan fingerprint density at radius 2 is 2.07 bits per heavy atom. The number of hydrogen-bond acceptors (Lipinski definition) is 3. The lowest BCUT2D eigenvalue weighted by atomic mass is 9.87. The molecule has 4 heteroatoms. The standard InChI is InChI=1S/C11H19N3O/c1-4-10(15)14(3)11(9-12)5-7-13(2)8-6-11/h4-8H2,1-3H3. The highest BCUT2D eigenvalue weighted by Gasteiger charge is 2.39. The molecule has 84 valence electrons. The highest BCUT2D eigenvalue weighted by molar-refractivity contribution is 5.77. The molecule has 0 unspecified atom stereocenters. The Morgan fingerprint density at radius 3 is 2.47 bits per heavy atom. The molecule has 1 amide bonds. The smallest absolute Gasteiger partial charge is 0.223 e. The van der Waals surface area contributed by atoms with Gasteiger partial charge in [0.15, 0.2) is 0 Å². The van der Waals surface area contributed by atoms with Crippen molar-refractivity contribution in [3.8, 4) is 6.07 Å². The summed E-state index contributed by atoms with van der Waals surface area (Å²) in [7, 11) is 3.79. The van der Waals surface area contributed by atoms with Crippen LogP contribution in [-0.2, 0) is 4.79 Å². The van der Waals surface area contributed by atoms with Gasteiger partial charge in [0.25, 0.3) is 0 Å². The topological polar surface area (TPSA) is 47.3 Å². The normalized spacial score (nSPS) is 20.7. The van der Waals surface area contributed by atoms with Crippen LogP contribution in [0.25, 0.3) is 0 Å². The second-order valence-electron chi connectivity index (χ2n) is 4.25. The Morgan fingerprint density at radius 1 is 1.53 bits per heavy atom. The van der Waals surface area contributed by atoms with Crippen molar-refractivity contribution < 1.29 is 4.79 Å². The molecule has 0 aromatic heterocycles. The highest BCUT2D eigenvalue weighted by atomic mass is 16.2. The second-order valence-corrected chi connectivity index (χ2v) is 4.25. The molecule has 0 radical (unpaired) electrons. The minimum absolute atomic E-state index is 0.0566. The van der Waals surface area contributed by atoms with Crippen molar-refractivity contribution in [3.63, 3.8) is 0 Å². The third kappa shape index (κ3) is 2.29. The zero-order valence-corrected chi connectivity index (χ0v) is 9.79. The fraction of sp³-hybridized carbons (Fsp3) is 0.818. The Balaban J connectivity index is 2.78. The summed E-state index contributed by atoms with van der Waals surface area (Å²) < 4.78 is 0. The minimum Gasteiger partial charge on any atom is -0.327 e. The van der Waals surface area contributed by atoms with Crippen LogP contribution in [0.1, 0.15) is 26.2 Å². The van der Waals surface area contributed by atoms with Crippen molar-refractivity contribution in [2.45, 2.75) is 31.7 Å². The van der Waals surface area contributed by atoms with Crippen molar-refractivity contribution in [2.24, 2.45) is 0 Å². The molecule has 1 aliphatic heterocycles. The molecule has 0 atom stereocenters. The van der Waals surface area contributed by atoms with Crippen LogP contribution in [0.4, 0.5) is 0 Å². The maximum atomic E-state index is 11.6. The summed E-state index contributed by atoms with van der Waals surface area (Å²) in [5.74, 6) is 0.0566. The van der Waals surface area contributed by atoms with Gasteiger partial charge in [-0.3, -0.25) is 4.79 Å². The van der Waals surface area contributed by atoms with E-state index < -0.39 is 5.54 Å². The SMILES string of the molecule is CCC(=O)N(C)C1(C#N)CCN(C)CC1. The van der Waals surface area contributed by atoms with E-state index >= 15 is 0 Å². The van der Waals surface area contributed by atoms with Crippen molar-refractivity contribution in [2.75, 3.05) is 27.2 Å². The first-order valence-corrected chi connectivity index (χ1v) is 5.42. The number of rotatable bonds is 2. The van der Waals surface area contributed by atoms with Crippen molar-refractivity contribution >= 4 is 5.91 Å². The number of carbonyl (C=O) groups excluding carboxylic acids is 1. The molecule has 1 aliphatic rings. The van der Waals surface area contributed by atoms with E-state index in [2.05, 4.69) is 11.0 Å². The van der Waals surface area contributed by atoms with Gasteiger partial charge >= 0.3 is 0 Å². The molecule has 0 aromatic carbocycles. The highest BCUT2D eigenvalue weighted by Crippen LogP contribution is 2.27. The van der Waals surface area contributed by atoms with Gasteiger partial charge in [0.1, 0.15) is 5.54 Å². The molecular formula is C11H19N3O. The molecule has 1 rings (SSSR count). The van der Waals surface area contributed by atoms with Gasteiger partial charge in [-0.05, 0) is 19.9 Å². The fourth-order valence-electron chi connectivity index (χ4n) is 1.99. The lowest BCUT2D eigenvalue weighted by molar-refractivity contribution is -0.134. The van der Waals surface area contributed by atoms with E-state index in [4.69, 9.17) is 0 Å². The molecule has 15 heavy (non-hydrogen) atoms. The zero-order chi connectivity index (χ0) is 11.5. The molecule has 0 saturated carbocycles. The average molecular weight is 209 g/mol. The van der Waals surface area contributed by atoms with Crippen LogP contribution in [0.3, 0.4) is 0 Å². The lowest BCUT2D eigenvalue weighted by Gasteiger charge is -2.41. The number of nitriles is 1. The summed E-state index contributed by atoms with van der Waals surface area (Å²) in [6.07, 6.45) is 1.97. The average Bonchev–Trinajstić information content (AvgIpc) is 2.28. The van der Waals surface area contributed by atoms with Crippen molar-refractivity contribution in [1.82, 2.24) is 9.80 Å². The van der Waals surface area contributed by atoms with Gasteiger partial charge in [0.05, 0.1) is 6.07 Å². The summed E-state index contributed by atoms with van der Waals surface area (Å²) in [5, 5.41) is 9.28. The molecule has 0 aromatic rings. The summed E-state index contributed by atoms with van der Waals surface area (Å²) >= 11 is 0. The van der Waals surface area contributed by atoms with Gasteiger partial charge in [-0.25, -0.2) is 0 Å². The molecule has 0 bridgehead atoms. The Labute approximate surface area is 91.5 Å². The lowest BCUT2D eigenvalue weighted by Crippen LogP contribution is -2.54. The second kappa shape index (κ2) is 4.63. The minimum atomic E-state index is -0.570. The predicted octanol–water partition coefficient (Wildman–Crippen LogP) is 0.843. The first-order valence-electron chi connectivity index (χ1n) is 5.42. The van der Waals surface area contributed by atoms with E-state index in [9.17, 15) is 10.1 Å². The van der Waals surface area contributed by atoms with Crippen LogP contribution < -0.4 is 0 Å². The first-order chi connectivity index (χ1) is 7.05. The monoisotopic (exact) mass is 209 g/mol. The maximum absolute atomic E-state index is 11.6. The van der Waals surface area contributed by atoms with Gasteiger partial charge in [-0.2, -0.15) is 5.26 Å². The van der Waals surface area contributed by atoms with Crippen LogP contribution in [0.15, 0.2) is 0 Å². The van der Waals surface area contributed by atoms with Crippen LogP contribution in [0.2, 0.25) is 0 Å². The largest absolute Gasteiger partial charge is 0.327 e. The number of nitrogens with zero attached hydrogens (tertiary/aromatic N) is 3. The Kier molecular flexibility index (Phi) is 3.70. The van der Waals surface area contributed by atoms with Crippen molar-refractivity contribution in [1.29, 1.82) is 5.26 Å². The summed E-state index contributed by atoms with van der Waals surface area (Å²) in [6.45, 7) is 3.60. The molecule has 0 N–H and O–H groups in total. The molecule has 0 aliphatic carbocycles. The number of amides is 1. The molecular weight excluding hydrogens is 190 g/mol. The Hall–Kier alpha value is -1.08. The summed E-state index contributed by atoms with van der Waals surface area (Å²) in [6, 6.07) is 2.33. The van der Waals surface area contributed by atoms with Gasteiger partial charge in [0, 0.05) is 26.6 Å². The molecule has 4 nitrogen and oxygen atoms in total. The van der Waals surface area contributed by atoms with Crippen molar-refractivity contribution in [3.05, 3.63) is 0 Å². The first kappa shape index (κ1) is 12.0. The third-order valence-electron chi connectivity index (χ3n) is 3.34. The van der Waals surface area contributed by atoms with Gasteiger partial charge in [0.2, 0.25) is 5.91 Å². The molecule has 1 fully saturated rings. The molecule has 1 saturated heterocycles. The predicted molar refractivity (Wildman–Crippen MR) is 58.1 cm³/mol. The van der Waals surface area contributed by atoms with Crippen LogP contribution >= 0.6 is 0 Å². The quantitative estimate of drug-likeness (QED) is 0.677. The van der Waals surface area contributed by atoms with E-state index in [0.29, 0.717) is 6.42 Å². The molecule has 1 heterocycles. The number of carbonyl (C=O) groups is 1. The van der Waals surface area contributed by atoms with Crippen LogP contribution in [-0.4, -0.2) is 48.4 Å². The zero-order valence-electron chi connectivity index (χ0n) is 9.79.